The standard InChI is InChI=1S/C16H17FN2O2/c17-11-1-3-12(4-2-11)19-9-14-13-8-16(21)15(20)7-10(13)5-6-18-14/h1-4,7-8,14,18-21H,5-6,9H2. The third kappa shape index (κ3) is 2.92. The minimum atomic E-state index is -0.262. The molecule has 0 fully saturated rings. The predicted octanol–water partition coefficient (Wildman–Crippen LogP) is 2.54. The van der Waals surface area contributed by atoms with E-state index in [9.17, 15) is 14.6 Å². The van der Waals surface area contributed by atoms with E-state index in [0.29, 0.717) is 6.54 Å². The van der Waals surface area contributed by atoms with Gasteiger partial charge in [-0.1, -0.05) is 0 Å². The molecule has 0 saturated carbocycles. The lowest BCUT2D eigenvalue weighted by Crippen LogP contribution is -2.34. The number of benzene rings is 2. The summed E-state index contributed by atoms with van der Waals surface area (Å²) in [7, 11) is 0. The molecule has 2 aromatic carbocycles. The van der Waals surface area contributed by atoms with Crippen LogP contribution >= 0.6 is 0 Å². The summed E-state index contributed by atoms with van der Waals surface area (Å²) < 4.78 is 12.9. The van der Waals surface area contributed by atoms with Gasteiger partial charge in [0.25, 0.3) is 0 Å². The van der Waals surface area contributed by atoms with Crippen LogP contribution in [0.3, 0.4) is 0 Å². The quantitative estimate of drug-likeness (QED) is 0.655. The van der Waals surface area contributed by atoms with E-state index in [1.165, 1.54) is 12.1 Å². The van der Waals surface area contributed by atoms with Crippen molar-refractivity contribution < 1.29 is 14.6 Å². The maximum atomic E-state index is 12.9. The Morgan fingerprint density at radius 2 is 1.86 bits per heavy atom. The molecule has 3 rings (SSSR count). The van der Waals surface area contributed by atoms with Gasteiger partial charge < -0.3 is 20.8 Å². The summed E-state index contributed by atoms with van der Waals surface area (Å²) in [6.07, 6.45) is 0.816. The Balaban J connectivity index is 1.76. The second-order valence-corrected chi connectivity index (χ2v) is 5.18. The minimum Gasteiger partial charge on any atom is -0.504 e. The lowest BCUT2D eigenvalue weighted by Gasteiger charge is -2.28. The highest BCUT2D eigenvalue weighted by Crippen LogP contribution is 2.33. The Morgan fingerprint density at radius 1 is 1.14 bits per heavy atom. The van der Waals surface area contributed by atoms with Crippen molar-refractivity contribution in [1.82, 2.24) is 5.32 Å². The van der Waals surface area contributed by atoms with Crippen molar-refractivity contribution >= 4 is 5.69 Å². The van der Waals surface area contributed by atoms with Gasteiger partial charge in [0.15, 0.2) is 11.5 Å². The SMILES string of the molecule is Oc1cc2c(cc1O)C(CNc1ccc(F)cc1)NCC2. The molecule has 5 heteroatoms. The van der Waals surface area contributed by atoms with E-state index in [4.69, 9.17) is 0 Å². The van der Waals surface area contributed by atoms with E-state index >= 15 is 0 Å². The molecule has 0 saturated heterocycles. The van der Waals surface area contributed by atoms with Crippen LogP contribution in [0.2, 0.25) is 0 Å². The van der Waals surface area contributed by atoms with Gasteiger partial charge in [-0.25, -0.2) is 4.39 Å². The molecule has 0 aromatic heterocycles. The monoisotopic (exact) mass is 288 g/mol. The summed E-state index contributed by atoms with van der Waals surface area (Å²) in [6, 6.07) is 9.46. The third-order valence-corrected chi connectivity index (χ3v) is 3.75. The van der Waals surface area contributed by atoms with Crippen molar-refractivity contribution in [3.05, 3.63) is 53.3 Å². The summed E-state index contributed by atoms with van der Waals surface area (Å²) in [5.41, 5.74) is 2.86. The van der Waals surface area contributed by atoms with E-state index in [0.717, 1.165) is 29.8 Å². The molecule has 0 spiro atoms. The van der Waals surface area contributed by atoms with E-state index < -0.39 is 0 Å². The first-order valence-corrected chi connectivity index (χ1v) is 6.91. The minimum absolute atomic E-state index is 0.0327. The first kappa shape index (κ1) is 13.7. The van der Waals surface area contributed by atoms with Gasteiger partial charge in [0.2, 0.25) is 0 Å². The number of halogens is 1. The van der Waals surface area contributed by atoms with Gasteiger partial charge in [-0.3, -0.25) is 0 Å². The fourth-order valence-electron chi connectivity index (χ4n) is 2.64. The van der Waals surface area contributed by atoms with E-state index in [-0.39, 0.29) is 23.4 Å². The van der Waals surface area contributed by atoms with Crippen LogP contribution in [-0.2, 0) is 6.42 Å². The Kier molecular flexibility index (Phi) is 3.66. The zero-order chi connectivity index (χ0) is 14.8. The number of hydrogen-bond acceptors (Lipinski definition) is 4. The summed E-state index contributed by atoms with van der Waals surface area (Å²) >= 11 is 0. The number of phenols is 2. The van der Waals surface area contributed by atoms with E-state index in [1.54, 1.807) is 24.3 Å². The van der Waals surface area contributed by atoms with Crippen molar-refractivity contribution in [3.63, 3.8) is 0 Å². The average Bonchev–Trinajstić information content (AvgIpc) is 2.48. The van der Waals surface area contributed by atoms with Crippen LogP contribution in [0, 0.1) is 5.82 Å². The van der Waals surface area contributed by atoms with Gasteiger partial charge in [0.05, 0.1) is 0 Å². The van der Waals surface area contributed by atoms with E-state index in [2.05, 4.69) is 10.6 Å². The summed E-state index contributed by atoms with van der Waals surface area (Å²) in [4.78, 5) is 0. The molecule has 0 bridgehead atoms. The fourth-order valence-corrected chi connectivity index (χ4v) is 2.64. The molecule has 110 valence electrons. The molecule has 21 heavy (non-hydrogen) atoms. The number of anilines is 1. The largest absolute Gasteiger partial charge is 0.504 e. The first-order chi connectivity index (χ1) is 10.1. The fraction of sp³-hybridized carbons (Fsp3) is 0.250. The molecule has 1 heterocycles. The predicted molar refractivity (Wildman–Crippen MR) is 79.1 cm³/mol. The molecule has 1 atom stereocenters. The zero-order valence-corrected chi connectivity index (χ0v) is 11.4. The van der Waals surface area contributed by atoms with Crippen molar-refractivity contribution in [2.75, 3.05) is 18.4 Å². The van der Waals surface area contributed by atoms with Crippen LogP contribution in [0.15, 0.2) is 36.4 Å². The summed E-state index contributed by atoms with van der Waals surface area (Å²) in [5, 5.41) is 25.9. The number of phenolic OH excluding ortho intramolecular Hbond substituents is 2. The molecule has 0 aliphatic carbocycles. The van der Waals surface area contributed by atoms with Crippen molar-refractivity contribution in [3.8, 4) is 11.5 Å². The maximum Gasteiger partial charge on any atom is 0.157 e. The number of rotatable bonds is 3. The highest BCUT2D eigenvalue weighted by atomic mass is 19.1. The molecular weight excluding hydrogens is 271 g/mol. The van der Waals surface area contributed by atoms with Crippen molar-refractivity contribution in [1.29, 1.82) is 0 Å². The van der Waals surface area contributed by atoms with Crippen LogP contribution in [0.25, 0.3) is 0 Å². The zero-order valence-electron chi connectivity index (χ0n) is 11.4. The third-order valence-electron chi connectivity index (χ3n) is 3.75. The summed E-state index contributed by atoms with van der Waals surface area (Å²) in [6.45, 7) is 1.43. The lowest BCUT2D eigenvalue weighted by molar-refractivity contribution is 0.399. The molecule has 0 amide bonds. The van der Waals surface area contributed by atoms with Crippen LogP contribution in [0.4, 0.5) is 10.1 Å². The number of fused-ring (bicyclic) bond motifs is 1. The second kappa shape index (κ2) is 5.61. The van der Waals surface area contributed by atoms with E-state index in [1.807, 2.05) is 0 Å². The molecule has 1 aliphatic rings. The Labute approximate surface area is 122 Å². The molecule has 1 aliphatic heterocycles. The number of nitrogens with one attached hydrogen (secondary N) is 2. The molecule has 1 unspecified atom stereocenters. The average molecular weight is 288 g/mol. The lowest BCUT2D eigenvalue weighted by atomic mass is 9.93. The Morgan fingerprint density at radius 3 is 2.62 bits per heavy atom. The van der Waals surface area contributed by atoms with Gasteiger partial charge in [-0.2, -0.15) is 0 Å². The number of aromatic hydroxyl groups is 2. The van der Waals surface area contributed by atoms with Gasteiger partial charge in [0.1, 0.15) is 5.82 Å². The molecule has 4 N–H and O–H groups in total. The van der Waals surface area contributed by atoms with Crippen molar-refractivity contribution in [2.45, 2.75) is 12.5 Å². The molecule has 0 radical (unpaired) electrons. The first-order valence-electron chi connectivity index (χ1n) is 6.91. The normalized spacial score (nSPS) is 17.3. The van der Waals surface area contributed by atoms with Crippen LogP contribution in [-0.4, -0.2) is 23.3 Å². The van der Waals surface area contributed by atoms with Crippen LogP contribution in [0.1, 0.15) is 17.2 Å². The van der Waals surface area contributed by atoms with Crippen LogP contribution < -0.4 is 10.6 Å². The highest BCUT2D eigenvalue weighted by molar-refractivity contribution is 5.49. The molecule has 2 aromatic rings. The van der Waals surface area contributed by atoms with Crippen molar-refractivity contribution in [2.24, 2.45) is 0 Å². The maximum absolute atomic E-state index is 12.9. The van der Waals surface area contributed by atoms with Gasteiger partial charge in [-0.15, -0.1) is 0 Å². The van der Waals surface area contributed by atoms with Gasteiger partial charge in [-0.05, 0) is 60.5 Å². The topological polar surface area (TPSA) is 64.5 Å². The Bertz CT molecular complexity index is 643. The van der Waals surface area contributed by atoms with Gasteiger partial charge >= 0.3 is 0 Å². The molecule has 4 nitrogen and oxygen atoms in total. The van der Waals surface area contributed by atoms with Crippen LogP contribution in [0.5, 0.6) is 11.5 Å². The Hall–Kier alpha value is -2.27. The smallest absolute Gasteiger partial charge is 0.157 e. The second-order valence-electron chi connectivity index (χ2n) is 5.18. The van der Waals surface area contributed by atoms with Gasteiger partial charge in [0, 0.05) is 18.3 Å². The molecular formula is C16H17FN2O2. The number of hydrogen-bond donors (Lipinski definition) is 4. The highest BCUT2D eigenvalue weighted by Gasteiger charge is 2.21. The summed E-state index contributed by atoms with van der Waals surface area (Å²) in [5.74, 6) is -0.452.